The van der Waals surface area contributed by atoms with Crippen molar-refractivity contribution in [1.82, 2.24) is 39.6 Å². The summed E-state index contributed by atoms with van der Waals surface area (Å²) in [7, 11) is 0. The number of aryl methyl sites for hydroxylation is 1. The van der Waals surface area contributed by atoms with Gasteiger partial charge in [-0.1, -0.05) is 12.1 Å². The highest BCUT2D eigenvalue weighted by Crippen LogP contribution is 2.50. The van der Waals surface area contributed by atoms with E-state index in [2.05, 4.69) is 60.2 Å². The normalized spacial score (nSPS) is 22.3. The quantitative estimate of drug-likeness (QED) is 0.268. The lowest BCUT2D eigenvalue weighted by molar-refractivity contribution is 0.0982. The summed E-state index contributed by atoms with van der Waals surface area (Å²) in [5.41, 5.74) is 12.9. The molecule has 5 aromatic heterocycles. The predicted octanol–water partition coefficient (Wildman–Crippen LogP) is 5.28. The summed E-state index contributed by atoms with van der Waals surface area (Å²) in [5, 5.41) is 8.42. The third-order valence-electron chi connectivity index (χ3n) is 9.98. The maximum Gasteiger partial charge on any atom is 0.167 e. The number of benzene rings is 1. The molecular weight excluding hydrogens is 560 g/mol. The van der Waals surface area contributed by atoms with E-state index in [1.54, 1.807) is 17.1 Å². The highest BCUT2D eigenvalue weighted by molar-refractivity contribution is 5.83. The van der Waals surface area contributed by atoms with Crippen molar-refractivity contribution in [3.05, 3.63) is 103 Å². The van der Waals surface area contributed by atoms with Crippen LogP contribution in [0.5, 0.6) is 0 Å². The van der Waals surface area contributed by atoms with Gasteiger partial charge < -0.3 is 16.0 Å². The second kappa shape index (κ2) is 10.2. The molecule has 0 amide bonds. The molecule has 10 nitrogen and oxygen atoms in total. The first-order chi connectivity index (χ1) is 22.1. The Labute approximate surface area is 261 Å². The van der Waals surface area contributed by atoms with Crippen LogP contribution in [0.25, 0.3) is 34.1 Å². The Bertz CT molecular complexity index is 2010. The predicted molar refractivity (Wildman–Crippen MR) is 174 cm³/mol. The van der Waals surface area contributed by atoms with Gasteiger partial charge in [-0.25, -0.2) is 24.6 Å². The Morgan fingerprint density at radius 1 is 0.889 bits per heavy atom. The van der Waals surface area contributed by atoms with E-state index in [4.69, 9.17) is 15.7 Å². The molecule has 0 radical (unpaired) electrons. The van der Waals surface area contributed by atoms with Crippen LogP contribution in [0.2, 0.25) is 0 Å². The summed E-state index contributed by atoms with van der Waals surface area (Å²) in [6.07, 6.45) is 13.1. The molecule has 6 aromatic rings. The highest BCUT2D eigenvalue weighted by Gasteiger charge is 2.49. The second-order valence-electron chi connectivity index (χ2n) is 12.8. The molecule has 1 aliphatic heterocycles. The average Bonchev–Trinajstić information content (AvgIpc) is 3.87. The van der Waals surface area contributed by atoms with E-state index in [1.807, 2.05) is 48.8 Å². The second-order valence-corrected chi connectivity index (χ2v) is 12.8. The maximum absolute atomic E-state index is 6.37. The average molecular weight is 595 g/mol. The van der Waals surface area contributed by atoms with Crippen molar-refractivity contribution in [3.8, 4) is 22.9 Å². The van der Waals surface area contributed by atoms with Crippen molar-refractivity contribution >= 4 is 22.8 Å². The first-order valence-corrected chi connectivity index (χ1v) is 15.8. The Kier molecular flexibility index (Phi) is 5.99. The van der Waals surface area contributed by atoms with Gasteiger partial charge in [0.15, 0.2) is 17.3 Å². The Balaban J connectivity index is 0.996. The van der Waals surface area contributed by atoms with Gasteiger partial charge in [-0.2, -0.15) is 5.10 Å². The van der Waals surface area contributed by atoms with Crippen LogP contribution in [0.3, 0.4) is 0 Å². The third kappa shape index (κ3) is 4.47. The summed E-state index contributed by atoms with van der Waals surface area (Å²) >= 11 is 0. The molecule has 1 saturated carbocycles. The smallest absolute Gasteiger partial charge is 0.167 e. The Morgan fingerprint density at radius 3 is 2.67 bits per heavy atom. The lowest BCUT2D eigenvalue weighted by atomic mass is 9.64. The van der Waals surface area contributed by atoms with Crippen molar-refractivity contribution in [3.63, 3.8) is 0 Å². The largest absolute Gasteiger partial charge is 0.383 e. The number of anilines is 2. The monoisotopic (exact) mass is 594 g/mol. The van der Waals surface area contributed by atoms with Crippen molar-refractivity contribution in [2.45, 2.75) is 44.2 Å². The standard InChI is InChI=1S/C35H34N10/c36-32-27(5-3-15-38-32)33-41-29-11-12-31(44-17-4-16-39-44)42-34(29)45(33)25-8-9-26-23(19-25)7-10-28(26)40-24-20-35(21-24)13-18-43(22-35)30-6-1-2-14-37-30/h1-6,8-9,11-12,14-17,19,24,28,40H,7,10,13,18,20-22H2,(H2,36,38)/t24?,28-,35?/m0/s1. The van der Waals surface area contributed by atoms with E-state index in [0.717, 1.165) is 65.8 Å². The topological polar surface area (TPSA) is 116 Å². The minimum atomic E-state index is 0.377. The molecule has 224 valence electrons. The summed E-state index contributed by atoms with van der Waals surface area (Å²) in [6, 6.07) is 23.6. The van der Waals surface area contributed by atoms with Gasteiger partial charge in [0.05, 0.1) is 5.56 Å². The number of hydrogen-bond acceptors (Lipinski definition) is 8. The van der Waals surface area contributed by atoms with Gasteiger partial charge in [0.2, 0.25) is 0 Å². The molecule has 2 aliphatic carbocycles. The van der Waals surface area contributed by atoms with Crippen LogP contribution in [0.1, 0.15) is 42.9 Å². The molecule has 3 N–H and O–H groups in total. The molecule has 45 heavy (non-hydrogen) atoms. The molecule has 1 spiro atoms. The summed E-state index contributed by atoms with van der Waals surface area (Å²) in [4.78, 5) is 21.4. The molecule has 6 heterocycles. The highest BCUT2D eigenvalue weighted by atomic mass is 15.3. The van der Waals surface area contributed by atoms with Crippen LogP contribution >= 0.6 is 0 Å². The van der Waals surface area contributed by atoms with E-state index < -0.39 is 0 Å². The van der Waals surface area contributed by atoms with Crippen LogP contribution in [-0.2, 0) is 6.42 Å². The van der Waals surface area contributed by atoms with E-state index in [1.165, 1.54) is 30.4 Å². The zero-order chi connectivity index (χ0) is 30.0. The van der Waals surface area contributed by atoms with Gasteiger partial charge in [0.25, 0.3) is 0 Å². The van der Waals surface area contributed by atoms with E-state index in [-0.39, 0.29) is 0 Å². The summed E-state index contributed by atoms with van der Waals surface area (Å²) in [5.74, 6) is 3.01. The molecule has 1 atom stereocenters. The van der Waals surface area contributed by atoms with Crippen molar-refractivity contribution in [1.29, 1.82) is 0 Å². The van der Waals surface area contributed by atoms with Crippen molar-refractivity contribution in [2.75, 3.05) is 23.7 Å². The minimum Gasteiger partial charge on any atom is -0.383 e. The lowest BCUT2D eigenvalue weighted by Gasteiger charge is -2.46. The minimum absolute atomic E-state index is 0.377. The molecule has 2 fully saturated rings. The van der Waals surface area contributed by atoms with Gasteiger partial charge in [0.1, 0.15) is 17.2 Å². The van der Waals surface area contributed by atoms with Gasteiger partial charge in [0, 0.05) is 55.6 Å². The lowest BCUT2D eigenvalue weighted by Crippen LogP contribution is -2.50. The number of nitrogen functional groups attached to an aromatic ring is 1. The van der Waals surface area contributed by atoms with Crippen molar-refractivity contribution in [2.24, 2.45) is 5.41 Å². The summed E-state index contributed by atoms with van der Waals surface area (Å²) in [6.45, 7) is 2.22. The van der Waals surface area contributed by atoms with Crippen LogP contribution in [0.4, 0.5) is 11.6 Å². The molecule has 3 aliphatic rings. The maximum atomic E-state index is 6.37. The van der Waals surface area contributed by atoms with E-state index >= 15 is 0 Å². The SMILES string of the molecule is Nc1ncccc1-c1nc2ccc(-n3cccn3)nc2n1-c1ccc2c(c1)CC[C@@H]2NC1CC2(CCN(c3ccccn3)C2)C1. The fraction of sp³-hybridized carbons (Fsp3) is 0.286. The molecule has 1 aromatic carbocycles. The van der Waals surface area contributed by atoms with Gasteiger partial charge in [-0.05, 0) is 103 Å². The molecule has 0 bridgehead atoms. The molecule has 0 unspecified atom stereocenters. The molecule has 10 heteroatoms. The first-order valence-electron chi connectivity index (χ1n) is 15.8. The zero-order valence-corrected chi connectivity index (χ0v) is 24.9. The van der Waals surface area contributed by atoms with Crippen LogP contribution in [0.15, 0.2) is 91.5 Å². The van der Waals surface area contributed by atoms with E-state index in [9.17, 15) is 0 Å². The third-order valence-corrected chi connectivity index (χ3v) is 9.98. The van der Waals surface area contributed by atoms with Gasteiger partial charge in [-0.3, -0.25) is 4.57 Å². The van der Waals surface area contributed by atoms with Crippen LogP contribution in [0, 0.1) is 5.41 Å². The first kappa shape index (κ1) is 26.3. The number of imidazole rings is 1. The molecular formula is C35H34N10. The molecule has 1 saturated heterocycles. The zero-order valence-electron chi connectivity index (χ0n) is 24.9. The van der Waals surface area contributed by atoms with Crippen LogP contribution in [-0.4, -0.2) is 53.4 Å². The Morgan fingerprint density at radius 2 is 1.82 bits per heavy atom. The Hall–Kier alpha value is -5.09. The fourth-order valence-corrected chi connectivity index (χ4v) is 7.82. The fourth-order valence-electron chi connectivity index (χ4n) is 7.82. The van der Waals surface area contributed by atoms with E-state index in [0.29, 0.717) is 23.3 Å². The van der Waals surface area contributed by atoms with Gasteiger partial charge >= 0.3 is 0 Å². The number of nitrogens with zero attached hydrogens (tertiary/aromatic N) is 8. The van der Waals surface area contributed by atoms with Crippen molar-refractivity contribution < 1.29 is 0 Å². The van der Waals surface area contributed by atoms with Gasteiger partial charge in [-0.15, -0.1) is 0 Å². The number of fused-ring (bicyclic) bond motifs is 2. The van der Waals surface area contributed by atoms with Crippen LogP contribution < -0.4 is 16.0 Å². The molecule has 9 rings (SSSR count). The number of nitrogens with one attached hydrogen (secondary N) is 1. The number of rotatable bonds is 6. The number of pyridine rings is 3. The number of aromatic nitrogens is 7. The number of hydrogen-bond donors (Lipinski definition) is 2. The number of nitrogens with two attached hydrogens (primary N) is 1. The summed E-state index contributed by atoms with van der Waals surface area (Å²) < 4.78 is 3.87.